The molecule has 0 aromatic heterocycles. The van der Waals surface area contributed by atoms with E-state index in [4.69, 9.17) is 0 Å². The summed E-state index contributed by atoms with van der Waals surface area (Å²) < 4.78 is 0. The second-order valence-corrected chi connectivity index (χ2v) is 6.17. The summed E-state index contributed by atoms with van der Waals surface area (Å²) in [7, 11) is 0. The Bertz CT molecular complexity index is 371. The number of hydrogen-bond donors (Lipinski definition) is 2. The van der Waals surface area contributed by atoms with Crippen LogP contribution in [-0.4, -0.2) is 49.4 Å². The molecule has 0 radical (unpaired) electrons. The second-order valence-electron chi connectivity index (χ2n) is 6.17. The summed E-state index contributed by atoms with van der Waals surface area (Å²) in [5.41, 5.74) is 0.256. The molecule has 3 aliphatic rings. The molecule has 5 heteroatoms. The van der Waals surface area contributed by atoms with Crippen molar-refractivity contribution in [3.05, 3.63) is 0 Å². The van der Waals surface area contributed by atoms with E-state index in [1.165, 1.54) is 0 Å². The molecule has 2 amide bonds. The monoisotopic (exact) mass is 265 g/mol. The lowest BCUT2D eigenvalue weighted by Crippen LogP contribution is -2.40. The smallest absolute Gasteiger partial charge is 0.241 e. The molecule has 0 aromatic rings. The molecule has 1 saturated carbocycles. The van der Waals surface area contributed by atoms with Crippen molar-refractivity contribution >= 4 is 11.8 Å². The maximum absolute atomic E-state index is 12.1. The fraction of sp³-hybridized carbons (Fsp3) is 0.857. The van der Waals surface area contributed by atoms with E-state index in [2.05, 4.69) is 10.6 Å². The predicted octanol–water partition coefficient (Wildman–Crippen LogP) is 0.115. The summed E-state index contributed by atoms with van der Waals surface area (Å²) >= 11 is 0. The van der Waals surface area contributed by atoms with Crippen molar-refractivity contribution in [3.63, 3.8) is 0 Å². The van der Waals surface area contributed by atoms with Crippen LogP contribution in [0.3, 0.4) is 0 Å². The van der Waals surface area contributed by atoms with Gasteiger partial charge in [-0.3, -0.25) is 9.59 Å². The molecule has 2 heterocycles. The van der Waals surface area contributed by atoms with Gasteiger partial charge in [-0.1, -0.05) is 0 Å². The Morgan fingerprint density at radius 2 is 1.89 bits per heavy atom. The number of likely N-dealkylation sites (tertiary alicyclic amines) is 1. The lowest BCUT2D eigenvalue weighted by molar-refractivity contribution is -0.132. The lowest BCUT2D eigenvalue weighted by atomic mass is 9.92. The number of nitrogens with one attached hydrogen (secondary N) is 2. The number of nitrogens with zero attached hydrogens (tertiary/aromatic N) is 1. The molecule has 1 spiro atoms. The number of carbonyl (C=O) groups excluding carboxylic acids is 2. The van der Waals surface area contributed by atoms with E-state index >= 15 is 0 Å². The molecular weight excluding hydrogens is 242 g/mol. The molecule has 5 nitrogen and oxygen atoms in total. The maximum Gasteiger partial charge on any atom is 0.241 e. The number of amides is 2. The predicted molar refractivity (Wildman–Crippen MR) is 71.5 cm³/mol. The van der Waals surface area contributed by atoms with Crippen LogP contribution in [0.4, 0.5) is 0 Å². The first-order chi connectivity index (χ1) is 9.21. The largest absolute Gasteiger partial charge is 0.347 e. The van der Waals surface area contributed by atoms with Crippen LogP contribution in [-0.2, 0) is 9.59 Å². The van der Waals surface area contributed by atoms with Gasteiger partial charge in [0.15, 0.2) is 0 Å². The Kier molecular flexibility index (Phi) is 3.48. The van der Waals surface area contributed by atoms with E-state index in [0.717, 1.165) is 58.3 Å². The Morgan fingerprint density at radius 1 is 1.21 bits per heavy atom. The average Bonchev–Trinajstić information content (AvgIpc) is 2.90. The van der Waals surface area contributed by atoms with Crippen LogP contribution in [0.2, 0.25) is 0 Å². The van der Waals surface area contributed by atoms with E-state index < -0.39 is 0 Å². The third-order valence-corrected chi connectivity index (χ3v) is 4.98. The van der Waals surface area contributed by atoms with E-state index in [0.29, 0.717) is 0 Å². The fourth-order valence-electron chi connectivity index (χ4n) is 3.56. The van der Waals surface area contributed by atoms with E-state index in [-0.39, 0.29) is 29.7 Å². The minimum Gasteiger partial charge on any atom is -0.347 e. The summed E-state index contributed by atoms with van der Waals surface area (Å²) in [5, 5.41) is 6.18. The van der Waals surface area contributed by atoms with Gasteiger partial charge in [0.2, 0.25) is 11.8 Å². The molecule has 106 valence electrons. The Labute approximate surface area is 114 Å². The van der Waals surface area contributed by atoms with Crippen LogP contribution in [0, 0.1) is 11.3 Å². The van der Waals surface area contributed by atoms with Gasteiger partial charge in [-0.05, 0) is 50.6 Å². The van der Waals surface area contributed by atoms with Gasteiger partial charge in [0.05, 0.1) is 6.54 Å². The molecular formula is C14H23N3O2. The minimum absolute atomic E-state index is 0.0749. The fourth-order valence-corrected chi connectivity index (χ4v) is 3.56. The third kappa shape index (κ3) is 2.61. The molecule has 0 bridgehead atoms. The van der Waals surface area contributed by atoms with E-state index in [1.807, 2.05) is 4.90 Å². The highest BCUT2D eigenvalue weighted by Gasteiger charge is 2.57. The molecule has 3 fully saturated rings. The van der Waals surface area contributed by atoms with Crippen molar-refractivity contribution in [1.82, 2.24) is 15.5 Å². The molecule has 1 atom stereocenters. The van der Waals surface area contributed by atoms with Crippen molar-refractivity contribution < 1.29 is 9.59 Å². The highest BCUT2D eigenvalue weighted by atomic mass is 16.2. The number of rotatable bonds is 3. The molecule has 19 heavy (non-hydrogen) atoms. The van der Waals surface area contributed by atoms with Crippen molar-refractivity contribution in [2.75, 3.05) is 32.7 Å². The first-order valence-corrected chi connectivity index (χ1v) is 7.47. The zero-order valence-corrected chi connectivity index (χ0v) is 11.4. The number of piperidine rings is 1. The summed E-state index contributed by atoms with van der Waals surface area (Å²) in [6.07, 6.45) is 5.41. The molecule has 2 N–H and O–H groups in total. The van der Waals surface area contributed by atoms with Gasteiger partial charge in [-0.15, -0.1) is 0 Å². The quantitative estimate of drug-likeness (QED) is 0.761. The van der Waals surface area contributed by atoms with Crippen molar-refractivity contribution in [3.8, 4) is 0 Å². The molecule has 1 unspecified atom stereocenters. The Balaban J connectivity index is 1.43. The topological polar surface area (TPSA) is 61.4 Å². The van der Waals surface area contributed by atoms with Gasteiger partial charge in [-0.25, -0.2) is 0 Å². The summed E-state index contributed by atoms with van der Waals surface area (Å²) in [4.78, 5) is 25.8. The first-order valence-electron chi connectivity index (χ1n) is 7.47. The van der Waals surface area contributed by atoms with E-state index in [1.54, 1.807) is 0 Å². The average molecular weight is 265 g/mol. The van der Waals surface area contributed by atoms with Crippen molar-refractivity contribution in [2.24, 2.45) is 11.3 Å². The van der Waals surface area contributed by atoms with Crippen LogP contribution >= 0.6 is 0 Å². The van der Waals surface area contributed by atoms with Gasteiger partial charge < -0.3 is 15.5 Å². The zero-order chi connectivity index (χ0) is 13.3. The van der Waals surface area contributed by atoms with Crippen LogP contribution in [0.15, 0.2) is 0 Å². The first kappa shape index (κ1) is 12.9. The third-order valence-electron chi connectivity index (χ3n) is 4.98. The van der Waals surface area contributed by atoms with Crippen LogP contribution < -0.4 is 10.6 Å². The van der Waals surface area contributed by atoms with Crippen LogP contribution in [0.1, 0.15) is 32.1 Å². The number of hydrogen-bond acceptors (Lipinski definition) is 3. The van der Waals surface area contributed by atoms with Gasteiger partial charge in [-0.2, -0.15) is 0 Å². The highest BCUT2D eigenvalue weighted by Crippen LogP contribution is 2.58. The maximum atomic E-state index is 12.1. The Morgan fingerprint density at radius 3 is 2.58 bits per heavy atom. The van der Waals surface area contributed by atoms with Crippen molar-refractivity contribution in [1.29, 1.82) is 0 Å². The summed E-state index contributed by atoms with van der Waals surface area (Å²) in [6, 6.07) is 0. The minimum atomic E-state index is 0.0749. The molecule has 1 aliphatic carbocycles. The molecule has 0 aromatic carbocycles. The SMILES string of the molecule is O=C(NCC(=O)N1CCCC1)C1CC12CCNCC2. The normalized spacial score (nSPS) is 28.4. The second kappa shape index (κ2) is 5.12. The molecule has 3 rings (SSSR count). The van der Waals surface area contributed by atoms with Gasteiger partial charge in [0.1, 0.15) is 0 Å². The van der Waals surface area contributed by atoms with Crippen LogP contribution in [0.5, 0.6) is 0 Å². The molecule has 2 aliphatic heterocycles. The number of carbonyl (C=O) groups is 2. The van der Waals surface area contributed by atoms with Crippen LogP contribution in [0.25, 0.3) is 0 Å². The molecule has 2 saturated heterocycles. The lowest BCUT2D eigenvalue weighted by Gasteiger charge is -2.23. The summed E-state index contributed by atoms with van der Waals surface area (Å²) in [5.74, 6) is 0.321. The Hall–Kier alpha value is -1.10. The van der Waals surface area contributed by atoms with Crippen molar-refractivity contribution in [2.45, 2.75) is 32.1 Å². The van der Waals surface area contributed by atoms with E-state index in [9.17, 15) is 9.59 Å². The van der Waals surface area contributed by atoms with Gasteiger partial charge >= 0.3 is 0 Å². The van der Waals surface area contributed by atoms with Gasteiger partial charge in [0, 0.05) is 19.0 Å². The summed E-state index contributed by atoms with van der Waals surface area (Å²) in [6.45, 7) is 3.94. The standard InChI is InChI=1S/C14H23N3O2/c18-12(17-7-1-2-8-17)10-16-13(19)11-9-14(11)3-5-15-6-4-14/h11,15H,1-10H2,(H,16,19). The van der Waals surface area contributed by atoms with Gasteiger partial charge in [0.25, 0.3) is 0 Å². The zero-order valence-electron chi connectivity index (χ0n) is 11.4. The highest BCUT2D eigenvalue weighted by molar-refractivity contribution is 5.87.